The molecule has 1 rings (SSSR count). The molecule has 0 spiro atoms. The number of rotatable bonds is 3. The summed E-state index contributed by atoms with van der Waals surface area (Å²) < 4.78 is 0. The van der Waals surface area contributed by atoms with Crippen molar-refractivity contribution in [3.05, 3.63) is 22.4 Å². The Labute approximate surface area is 79.8 Å². The van der Waals surface area contributed by atoms with Crippen LogP contribution in [0.1, 0.15) is 11.2 Å². The summed E-state index contributed by atoms with van der Waals surface area (Å²) in [6.45, 7) is 7.18. The molecule has 0 aromatic carbocycles. The molecular formula is C9H17NSSi. The third kappa shape index (κ3) is 2.18. The third-order valence-electron chi connectivity index (χ3n) is 2.03. The van der Waals surface area contributed by atoms with Crippen LogP contribution in [0, 0.1) is 0 Å². The van der Waals surface area contributed by atoms with Crippen molar-refractivity contribution in [2.45, 2.75) is 25.3 Å². The van der Waals surface area contributed by atoms with Crippen molar-refractivity contribution >= 4 is 19.4 Å². The molecule has 0 radical (unpaired) electrons. The Bertz CT molecular complexity index is 225. The molecule has 0 aliphatic rings. The van der Waals surface area contributed by atoms with E-state index >= 15 is 0 Å². The molecule has 1 unspecified atom stereocenters. The van der Waals surface area contributed by atoms with Crippen molar-refractivity contribution in [3.63, 3.8) is 0 Å². The molecule has 1 aromatic heterocycles. The largest absolute Gasteiger partial charge is 0.316 e. The van der Waals surface area contributed by atoms with Gasteiger partial charge in [0.1, 0.15) is 0 Å². The Balaban J connectivity index is 2.84. The summed E-state index contributed by atoms with van der Waals surface area (Å²) in [5, 5.41) is 7.81. The van der Waals surface area contributed by atoms with Crippen molar-refractivity contribution in [1.82, 2.24) is 5.32 Å². The van der Waals surface area contributed by atoms with Crippen molar-refractivity contribution in [2.24, 2.45) is 0 Å². The summed E-state index contributed by atoms with van der Waals surface area (Å²) in [6, 6.07) is 2.23. The van der Waals surface area contributed by atoms with Crippen LogP contribution in [0.15, 0.2) is 16.8 Å². The van der Waals surface area contributed by atoms with E-state index in [1.54, 1.807) is 11.3 Å². The van der Waals surface area contributed by atoms with E-state index in [-0.39, 0.29) is 0 Å². The summed E-state index contributed by atoms with van der Waals surface area (Å²) in [6.07, 6.45) is 0. The first-order valence-corrected chi connectivity index (χ1v) is 8.77. The van der Waals surface area contributed by atoms with E-state index in [4.69, 9.17) is 0 Å². The second kappa shape index (κ2) is 3.73. The molecule has 0 saturated carbocycles. The Morgan fingerprint density at radius 1 is 1.42 bits per heavy atom. The summed E-state index contributed by atoms with van der Waals surface area (Å²) in [5.41, 5.74) is 2.06. The predicted octanol–water partition coefficient (Wildman–Crippen LogP) is 2.89. The highest BCUT2D eigenvalue weighted by Gasteiger charge is 2.26. The van der Waals surface area contributed by atoms with Gasteiger partial charge in [0.15, 0.2) is 0 Å². The van der Waals surface area contributed by atoms with Gasteiger partial charge in [0, 0.05) is 5.67 Å². The maximum Gasteiger partial charge on any atom is 0.0691 e. The van der Waals surface area contributed by atoms with Gasteiger partial charge in [-0.15, -0.1) is 0 Å². The average molecular weight is 199 g/mol. The fourth-order valence-corrected chi connectivity index (χ4v) is 4.39. The van der Waals surface area contributed by atoms with Crippen LogP contribution in [0.3, 0.4) is 0 Å². The van der Waals surface area contributed by atoms with Crippen LogP contribution < -0.4 is 5.32 Å². The molecule has 0 saturated heterocycles. The Hall–Kier alpha value is -0.123. The second-order valence-electron chi connectivity index (χ2n) is 4.14. The molecule has 1 atom stereocenters. The highest BCUT2D eigenvalue weighted by Crippen LogP contribution is 2.25. The molecule has 0 aliphatic carbocycles. The Kier molecular flexibility index (Phi) is 3.09. The minimum absolute atomic E-state index is 0.601. The zero-order valence-corrected chi connectivity index (χ0v) is 10.0. The number of nitrogens with one attached hydrogen (secondary N) is 1. The lowest BCUT2D eigenvalue weighted by Gasteiger charge is -2.27. The van der Waals surface area contributed by atoms with Gasteiger partial charge in [0.25, 0.3) is 0 Å². The molecule has 1 heterocycles. The second-order valence-corrected chi connectivity index (χ2v) is 10.2. The molecule has 0 bridgehead atoms. The lowest BCUT2D eigenvalue weighted by molar-refractivity contribution is 0.754. The van der Waals surface area contributed by atoms with E-state index in [0.717, 1.165) is 0 Å². The summed E-state index contributed by atoms with van der Waals surface area (Å²) in [4.78, 5) is 0. The Morgan fingerprint density at radius 3 is 2.42 bits per heavy atom. The minimum atomic E-state index is -1.10. The quantitative estimate of drug-likeness (QED) is 0.738. The first kappa shape index (κ1) is 9.96. The summed E-state index contributed by atoms with van der Waals surface area (Å²) in [5.74, 6) is 0. The van der Waals surface area contributed by atoms with Gasteiger partial charge in [-0.3, -0.25) is 0 Å². The molecule has 0 aliphatic heterocycles. The number of thiophene rings is 1. The lowest BCUT2D eigenvalue weighted by atomic mass is 10.3. The molecule has 1 nitrogen and oxygen atoms in total. The van der Waals surface area contributed by atoms with Gasteiger partial charge in [-0.05, 0) is 29.4 Å². The average Bonchev–Trinajstić information content (AvgIpc) is 2.38. The van der Waals surface area contributed by atoms with Gasteiger partial charge < -0.3 is 5.32 Å². The van der Waals surface area contributed by atoms with Gasteiger partial charge in [-0.25, -0.2) is 0 Å². The van der Waals surface area contributed by atoms with E-state index in [2.05, 4.69) is 48.8 Å². The van der Waals surface area contributed by atoms with Gasteiger partial charge in [0.05, 0.1) is 8.07 Å². The fourth-order valence-electron chi connectivity index (χ4n) is 1.54. The topological polar surface area (TPSA) is 12.0 Å². The van der Waals surface area contributed by atoms with Crippen LogP contribution in [0.4, 0.5) is 0 Å². The van der Waals surface area contributed by atoms with E-state index < -0.39 is 8.07 Å². The normalized spacial score (nSPS) is 14.7. The zero-order valence-electron chi connectivity index (χ0n) is 8.22. The number of hydrogen-bond donors (Lipinski definition) is 1. The first-order valence-electron chi connectivity index (χ1n) is 4.25. The standard InChI is InChI=1S/C9H17NSSi/c1-10-9(12(2,3)4)8-5-6-11-7-8/h5-7,9-10H,1-4H3. The van der Waals surface area contributed by atoms with Crippen LogP contribution >= 0.6 is 11.3 Å². The van der Waals surface area contributed by atoms with E-state index in [1.165, 1.54) is 5.56 Å². The molecule has 12 heavy (non-hydrogen) atoms. The van der Waals surface area contributed by atoms with Crippen LogP contribution in [0.25, 0.3) is 0 Å². The van der Waals surface area contributed by atoms with Gasteiger partial charge in [-0.1, -0.05) is 19.6 Å². The molecule has 1 aromatic rings. The maximum atomic E-state index is 3.41. The van der Waals surface area contributed by atoms with E-state index in [9.17, 15) is 0 Å². The molecule has 68 valence electrons. The van der Waals surface area contributed by atoms with Gasteiger partial charge in [0.2, 0.25) is 0 Å². The van der Waals surface area contributed by atoms with Gasteiger partial charge >= 0.3 is 0 Å². The zero-order chi connectivity index (χ0) is 9.19. The smallest absolute Gasteiger partial charge is 0.0691 e. The van der Waals surface area contributed by atoms with E-state index in [1.807, 2.05) is 0 Å². The SMILES string of the molecule is CNC(c1ccsc1)[Si](C)(C)C. The Morgan fingerprint density at radius 2 is 2.08 bits per heavy atom. The lowest BCUT2D eigenvalue weighted by Crippen LogP contribution is -2.38. The highest BCUT2D eigenvalue weighted by molar-refractivity contribution is 7.08. The summed E-state index contributed by atoms with van der Waals surface area (Å²) in [7, 11) is 0.960. The molecule has 0 amide bonds. The van der Waals surface area contributed by atoms with Crippen LogP contribution in [-0.2, 0) is 0 Å². The van der Waals surface area contributed by atoms with Crippen molar-refractivity contribution < 1.29 is 0 Å². The first-order chi connectivity index (χ1) is 5.55. The molecule has 1 N–H and O–H groups in total. The van der Waals surface area contributed by atoms with Crippen molar-refractivity contribution in [1.29, 1.82) is 0 Å². The van der Waals surface area contributed by atoms with Crippen LogP contribution in [0.5, 0.6) is 0 Å². The molecule has 0 fully saturated rings. The van der Waals surface area contributed by atoms with Crippen LogP contribution in [-0.4, -0.2) is 15.1 Å². The maximum absolute atomic E-state index is 3.41. The predicted molar refractivity (Wildman–Crippen MR) is 59.5 cm³/mol. The minimum Gasteiger partial charge on any atom is -0.316 e. The van der Waals surface area contributed by atoms with Crippen molar-refractivity contribution in [3.8, 4) is 0 Å². The van der Waals surface area contributed by atoms with E-state index in [0.29, 0.717) is 5.67 Å². The van der Waals surface area contributed by atoms with Gasteiger partial charge in [-0.2, -0.15) is 11.3 Å². The summed E-state index contributed by atoms with van der Waals surface area (Å²) >= 11 is 1.78. The van der Waals surface area contributed by atoms with Crippen molar-refractivity contribution in [2.75, 3.05) is 7.05 Å². The highest BCUT2D eigenvalue weighted by atomic mass is 32.1. The molecule has 3 heteroatoms. The van der Waals surface area contributed by atoms with Crippen LogP contribution in [0.2, 0.25) is 19.6 Å². The fraction of sp³-hybridized carbons (Fsp3) is 0.556. The number of hydrogen-bond acceptors (Lipinski definition) is 2. The molecular weight excluding hydrogens is 182 g/mol. The monoisotopic (exact) mass is 199 g/mol. The third-order valence-corrected chi connectivity index (χ3v) is 5.09.